The van der Waals surface area contributed by atoms with E-state index in [2.05, 4.69) is 52.4 Å². The predicted octanol–water partition coefficient (Wildman–Crippen LogP) is 2.59. The second-order valence-corrected chi connectivity index (χ2v) is 12.1. The molecule has 2 aliphatic rings. The van der Waals surface area contributed by atoms with Crippen LogP contribution in [0.2, 0.25) is 0 Å². The van der Waals surface area contributed by atoms with Crippen molar-refractivity contribution >= 4 is 39.1 Å². The molecule has 5 aromatic rings. The quantitative estimate of drug-likeness (QED) is 0.256. The number of likely N-dealkylation sites (tertiary alicyclic amines) is 1. The lowest BCUT2D eigenvalue weighted by Gasteiger charge is -2.36. The van der Waals surface area contributed by atoms with Crippen molar-refractivity contribution in [3.05, 3.63) is 82.4 Å². The Morgan fingerprint density at radius 3 is 2.50 bits per heavy atom. The molecule has 6 heterocycles. The van der Waals surface area contributed by atoms with Crippen molar-refractivity contribution in [2.45, 2.75) is 12.5 Å². The van der Waals surface area contributed by atoms with E-state index in [4.69, 9.17) is 0 Å². The zero-order chi connectivity index (χ0) is 30.0. The molecule has 2 amide bonds. The van der Waals surface area contributed by atoms with Gasteiger partial charge in [0.25, 0.3) is 5.91 Å². The summed E-state index contributed by atoms with van der Waals surface area (Å²) in [4.78, 5) is 56.6. The molecule has 2 fully saturated rings. The molecule has 13 heteroatoms. The molecule has 0 aliphatic carbocycles. The average molecular weight is 610 g/mol. The molecule has 0 spiro atoms. The lowest BCUT2D eigenvalue weighted by atomic mass is 10.1. The third-order valence-corrected chi connectivity index (χ3v) is 9.23. The fraction of sp³-hybridized carbons (Fsp3) is 0.290. The molecule has 2 aliphatic heterocycles. The molecule has 1 atom stereocenters. The fourth-order valence-corrected chi connectivity index (χ4v) is 6.73. The molecule has 224 valence electrons. The first-order valence-corrected chi connectivity index (χ1v) is 15.4. The number of nitrogens with zero attached hydrogens (tertiary/aromatic N) is 6. The Morgan fingerprint density at radius 1 is 0.977 bits per heavy atom. The van der Waals surface area contributed by atoms with Gasteiger partial charge in [0.2, 0.25) is 11.5 Å². The Balaban J connectivity index is 0.888. The highest BCUT2D eigenvalue weighted by molar-refractivity contribution is 7.20. The molecular weight excluding hydrogens is 578 g/mol. The number of H-pyrrole nitrogens is 2. The number of aromatic nitrogens is 5. The maximum absolute atomic E-state index is 13.1. The minimum Gasteiger partial charge on any atom is -0.368 e. The zero-order valence-electron chi connectivity index (χ0n) is 23.9. The highest BCUT2D eigenvalue weighted by atomic mass is 32.1. The van der Waals surface area contributed by atoms with E-state index in [9.17, 15) is 14.4 Å². The summed E-state index contributed by atoms with van der Waals surface area (Å²) in [7, 11) is 0. The summed E-state index contributed by atoms with van der Waals surface area (Å²) in [6, 6.07) is 15.0. The number of carbonyl (C=O) groups is 2. The number of hydrogen-bond acceptors (Lipinski definition) is 9. The van der Waals surface area contributed by atoms with Gasteiger partial charge in [-0.25, -0.2) is 9.97 Å². The van der Waals surface area contributed by atoms with Gasteiger partial charge < -0.3 is 20.1 Å². The van der Waals surface area contributed by atoms with Gasteiger partial charge in [-0.2, -0.15) is 5.10 Å². The third-order valence-electron chi connectivity index (χ3n) is 8.20. The topological polar surface area (TPSA) is 143 Å². The van der Waals surface area contributed by atoms with Crippen LogP contribution < -0.4 is 15.8 Å². The Bertz CT molecular complexity index is 1820. The lowest BCUT2D eigenvalue weighted by molar-refractivity contribution is -0.132. The maximum Gasteiger partial charge on any atom is 0.261 e. The van der Waals surface area contributed by atoms with Crippen molar-refractivity contribution in [3.8, 4) is 22.6 Å². The number of nitrogens with one attached hydrogen (secondary N) is 3. The van der Waals surface area contributed by atoms with Gasteiger partial charge in [0, 0.05) is 92.2 Å². The molecule has 3 N–H and O–H groups in total. The molecular formula is C31H31N9O3S. The number of pyridine rings is 1. The summed E-state index contributed by atoms with van der Waals surface area (Å²) < 4.78 is 0. The second-order valence-electron chi connectivity index (χ2n) is 11.1. The number of hydrogen-bond donors (Lipinski definition) is 3. The predicted molar refractivity (Wildman–Crippen MR) is 169 cm³/mol. The minimum absolute atomic E-state index is 0.0222. The lowest BCUT2D eigenvalue weighted by Crippen LogP contribution is -2.51. The molecule has 12 nitrogen and oxygen atoms in total. The van der Waals surface area contributed by atoms with Crippen LogP contribution in [0.5, 0.6) is 0 Å². The number of aromatic amines is 2. The van der Waals surface area contributed by atoms with Crippen LogP contribution >= 0.6 is 11.3 Å². The summed E-state index contributed by atoms with van der Waals surface area (Å²) in [6.07, 6.45) is 5.90. The van der Waals surface area contributed by atoms with Gasteiger partial charge in [0.05, 0.1) is 17.1 Å². The van der Waals surface area contributed by atoms with Gasteiger partial charge in [-0.1, -0.05) is 0 Å². The van der Waals surface area contributed by atoms with E-state index < -0.39 is 0 Å². The van der Waals surface area contributed by atoms with Crippen molar-refractivity contribution in [2.75, 3.05) is 50.7 Å². The average Bonchev–Trinajstić information content (AvgIpc) is 3.79. The summed E-state index contributed by atoms with van der Waals surface area (Å²) in [6.45, 7) is 4.67. The second kappa shape index (κ2) is 12.0. The number of benzene rings is 1. The highest BCUT2D eigenvalue weighted by Gasteiger charge is 2.29. The van der Waals surface area contributed by atoms with Crippen LogP contribution in [0.15, 0.2) is 71.9 Å². The molecule has 44 heavy (non-hydrogen) atoms. The normalized spacial score (nSPS) is 17.3. The molecule has 0 radical (unpaired) electrons. The van der Waals surface area contributed by atoms with E-state index in [0.29, 0.717) is 36.9 Å². The van der Waals surface area contributed by atoms with Crippen LogP contribution in [0.3, 0.4) is 0 Å². The molecule has 1 aromatic carbocycles. The van der Waals surface area contributed by atoms with E-state index in [1.54, 1.807) is 30.7 Å². The molecule has 7 rings (SSSR count). The number of rotatable bonds is 7. The van der Waals surface area contributed by atoms with Gasteiger partial charge >= 0.3 is 0 Å². The fourth-order valence-electron chi connectivity index (χ4n) is 5.83. The number of fused-ring (bicyclic) bond motifs is 1. The van der Waals surface area contributed by atoms with Gasteiger partial charge in [0.1, 0.15) is 4.83 Å². The third kappa shape index (κ3) is 5.83. The van der Waals surface area contributed by atoms with E-state index in [0.717, 1.165) is 58.8 Å². The summed E-state index contributed by atoms with van der Waals surface area (Å²) >= 11 is 1.33. The van der Waals surface area contributed by atoms with Crippen molar-refractivity contribution in [1.82, 2.24) is 40.3 Å². The first-order chi connectivity index (χ1) is 21.5. The molecule has 0 saturated carbocycles. The first-order valence-electron chi connectivity index (χ1n) is 14.6. The molecule has 4 aromatic heterocycles. The Labute approximate surface area is 256 Å². The smallest absolute Gasteiger partial charge is 0.261 e. The van der Waals surface area contributed by atoms with Crippen LogP contribution in [0.1, 0.15) is 16.1 Å². The Hall–Kier alpha value is -4.88. The molecule has 2 saturated heterocycles. The number of carbonyl (C=O) groups excluding carboxylic acids is 2. The van der Waals surface area contributed by atoms with Crippen molar-refractivity contribution in [3.63, 3.8) is 0 Å². The summed E-state index contributed by atoms with van der Waals surface area (Å²) in [5.41, 5.74) is 3.48. The van der Waals surface area contributed by atoms with Gasteiger partial charge in [-0.3, -0.25) is 24.4 Å². The number of piperazine rings is 1. The van der Waals surface area contributed by atoms with E-state index in [-0.39, 0.29) is 23.4 Å². The van der Waals surface area contributed by atoms with Crippen LogP contribution in [0.4, 0.5) is 5.69 Å². The minimum atomic E-state index is -0.178. The number of thiophene rings is 1. The van der Waals surface area contributed by atoms with Crippen LogP contribution in [-0.4, -0.2) is 98.6 Å². The van der Waals surface area contributed by atoms with E-state index in [1.165, 1.54) is 17.4 Å². The van der Waals surface area contributed by atoms with Gasteiger partial charge in [0.15, 0.2) is 5.82 Å². The first kappa shape index (κ1) is 27.9. The summed E-state index contributed by atoms with van der Waals surface area (Å²) in [5.74, 6) is 0.694. The van der Waals surface area contributed by atoms with Crippen molar-refractivity contribution in [2.24, 2.45) is 0 Å². The maximum atomic E-state index is 13.1. The number of anilines is 1. The van der Waals surface area contributed by atoms with Crippen LogP contribution in [-0.2, 0) is 4.79 Å². The number of amides is 2. The van der Waals surface area contributed by atoms with E-state index >= 15 is 0 Å². The van der Waals surface area contributed by atoms with Gasteiger partial charge in [-0.05, 0) is 48.9 Å². The Morgan fingerprint density at radius 2 is 1.75 bits per heavy atom. The SMILES string of the molecule is O=C(N[C@H]1CCN(CC(=O)N2CCN(c3ccc(-c4ncccn4)cc3)CC2)C1)c1cc2c(-c3ccc(=O)[nH]c3)[nH]nc2s1. The molecule has 0 unspecified atom stereocenters. The highest BCUT2D eigenvalue weighted by Crippen LogP contribution is 2.32. The largest absolute Gasteiger partial charge is 0.368 e. The zero-order valence-corrected chi connectivity index (χ0v) is 24.7. The van der Waals surface area contributed by atoms with Crippen LogP contribution in [0, 0.1) is 0 Å². The Kier molecular flexibility index (Phi) is 7.62. The monoisotopic (exact) mass is 609 g/mol. The molecule has 0 bridgehead atoms. The van der Waals surface area contributed by atoms with Crippen LogP contribution in [0.25, 0.3) is 32.9 Å². The summed E-state index contributed by atoms with van der Waals surface area (Å²) in [5, 5.41) is 11.3. The standard InChI is InChI=1S/C31H31N9O3S/c41-26-7-4-21(17-34-26)28-24-16-25(44-31(24)37-36-28)30(43)35-22-8-11-38(18-22)19-27(42)40-14-12-39(13-15-40)23-5-2-20(3-6-23)29-32-9-1-10-33-29/h1-7,9-10,16-17,22H,8,11-15,18-19H2,(H,34,41)(H,35,43)(H,36,37)/t22-/m0/s1. The van der Waals surface area contributed by atoms with E-state index in [1.807, 2.05) is 23.1 Å². The van der Waals surface area contributed by atoms with Crippen molar-refractivity contribution in [1.29, 1.82) is 0 Å². The van der Waals surface area contributed by atoms with Crippen molar-refractivity contribution < 1.29 is 9.59 Å². The van der Waals surface area contributed by atoms with Gasteiger partial charge in [-0.15, -0.1) is 11.3 Å².